The highest BCUT2D eigenvalue weighted by atomic mass is 32.2. The van der Waals surface area contributed by atoms with Gasteiger partial charge in [0.05, 0.1) is 37.8 Å². The van der Waals surface area contributed by atoms with Gasteiger partial charge in [0.15, 0.2) is 11.9 Å². The van der Waals surface area contributed by atoms with Crippen molar-refractivity contribution < 1.29 is 36.7 Å². The van der Waals surface area contributed by atoms with Gasteiger partial charge in [-0.3, -0.25) is 5.32 Å². The largest absolute Gasteiger partial charge is 0.748 e. The van der Waals surface area contributed by atoms with Crippen molar-refractivity contribution in [1.82, 2.24) is 5.32 Å². The van der Waals surface area contributed by atoms with E-state index in [2.05, 4.69) is 40.3 Å². The Labute approximate surface area is 199 Å². The first-order valence-corrected chi connectivity index (χ1v) is 14.1. The fraction of sp³-hybridized carbons (Fsp3) is 1.00. The number of nitrogens with zero attached hydrogens (tertiary/aromatic N) is 1. The molecule has 2 bridgehead atoms. The zero-order chi connectivity index (χ0) is 24.7. The lowest BCUT2D eigenvalue weighted by Gasteiger charge is -2.60. The number of nitrogens with one attached hydrogen (secondary N) is 1. The van der Waals surface area contributed by atoms with Crippen molar-refractivity contribution in [2.75, 3.05) is 40.5 Å². The second kappa shape index (κ2) is 9.97. The monoisotopic (exact) mass is 492 g/mol. The summed E-state index contributed by atoms with van der Waals surface area (Å²) in [6.07, 6.45) is 7.04. The smallest absolute Gasteiger partial charge is 0.201 e. The normalized spacial score (nSPS) is 42.7. The van der Waals surface area contributed by atoms with E-state index >= 15 is 0 Å². The number of hydrogen-bond acceptors (Lipinski definition) is 8. The maximum Gasteiger partial charge on any atom is 0.201 e. The molecule has 1 aliphatic carbocycles. The summed E-state index contributed by atoms with van der Waals surface area (Å²) >= 11 is 0. The van der Waals surface area contributed by atoms with E-state index in [4.69, 9.17) is 32.2 Å². The highest BCUT2D eigenvalue weighted by molar-refractivity contribution is 7.84. The predicted molar refractivity (Wildman–Crippen MR) is 123 cm³/mol. The molecular weight excluding hydrogens is 448 g/mol. The van der Waals surface area contributed by atoms with E-state index in [9.17, 15) is 0 Å². The Hall–Kier alpha value is -0.330. The van der Waals surface area contributed by atoms with Crippen LogP contribution in [0.25, 0.3) is 0 Å². The number of hydrogen-bond donors (Lipinski definition) is 1. The molecule has 4 heterocycles. The first-order valence-electron chi connectivity index (χ1n) is 12.3. The molecule has 4 aliphatic heterocycles. The van der Waals surface area contributed by atoms with E-state index in [0.29, 0.717) is 29.9 Å². The Balaban J connectivity index is 0.000000555. The molecule has 9 nitrogen and oxygen atoms in total. The van der Waals surface area contributed by atoms with Crippen LogP contribution in [0, 0.1) is 23.7 Å². The second-order valence-electron chi connectivity index (χ2n) is 11.7. The average molecular weight is 493 g/mol. The molecule has 1 unspecified atom stereocenters. The third-order valence-electron chi connectivity index (χ3n) is 7.76. The van der Waals surface area contributed by atoms with Gasteiger partial charge in [0.25, 0.3) is 0 Å². The van der Waals surface area contributed by atoms with Gasteiger partial charge >= 0.3 is 0 Å². The number of ether oxygens (including phenoxy) is 2. The van der Waals surface area contributed by atoms with Crippen molar-refractivity contribution in [2.24, 2.45) is 23.7 Å². The van der Waals surface area contributed by atoms with Crippen LogP contribution in [0.5, 0.6) is 0 Å². The lowest BCUT2D eigenvalue weighted by Crippen LogP contribution is -2.71. The quantitative estimate of drug-likeness (QED) is 0.261. The zero-order valence-corrected chi connectivity index (χ0v) is 22.2. The van der Waals surface area contributed by atoms with E-state index in [1.807, 2.05) is 6.92 Å². The van der Waals surface area contributed by atoms with Crippen LogP contribution in [0.1, 0.15) is 59.3 Å². The highest BCUT2D eigenvalue weighted by Crippen LogP contribution is 2.60. The van der Waals surface area contributed by atoms with Crippen molar-refractivity contribution in [3.63, 3.8) is 0 Å². The molecule has 5 aliphatic rings. The minimum atomic E-state index is -3.92. The standard InChI is InChI=1S/C22H41N2O4.CH4O3S/c1-15-9-10-18-16(2)19(23-13-7-8-14-24(4,5)6)25-20-22(18)17(15)11-12-21(3,26-20)27-28-22;1-5(2,3)4/h15-20,23H,7-14H2,1-6H3;1H3,(H,2,3,4)/q+1;/p-1/t15-,16-,17+,18+,19?,20-,21+,22-;/m1./s1. The van der Waals surface area contributed by atoms with Crippen molar-refractivity contribution >= 4 is 10.1 Å². The Bertz CT molecular complexity index is 765. The summed E-state index contributed by atoms with van der Waals surface area (Å²) in [7, 11) is 2.84. The van der Waals surface area contributed by atoms with E-state index in [0.717, 1.165) is 30.3 Å². The molecule has 33 heavy (non-hydrogen) atoms. The molecular formula is C23H44N2O7S. The average Bonchev–Trinajstić information content (AvgIpc) is 2.89. The van der Waals surface area contributed by atoms with Crippen molar-refractivity contribution in [3.05, 3.63) is 0 Å². The van der Waals surface area contributed by atoms with Crippen LogP contribution in [0.15, 0.2) is 0 Å². The van der Waals surface area contributed by atoms with Crippen molar-refractivity contribution in [2.45, 2.75) is 83.2 Å². The summed E-state index contributed by atoms with van der Waals surface area (Å²) in [4.78, 5) is 12.1. The molecule has 1 N–H and O–H groups in total. The van der Waals surface area contributed by atoms with E-state index in [1.165, 1.54) is 25.8 Å². The lowest BCUT2D eigenvalue weighted by atomic mass is 9.58. The van der Waals surface area contributed by atoms with Gasteiger partial charge in [-0.15, -0.1) is 0 Å². The van der Waals surface area contributed by atoms with Crippen LogP contribution in [-0.4, -0.2) is 81.8 Å². The number of unbranched alkanes of at least 4 members (excludes halogenated alkanes) is 1. The molecule has 0 aromatic carbocycles. The van der Waals surface area contributed by atoms with Gasteiger partial charge in [-0.05, 0) is 57.4 Å². The molecule has 0 aromatic heterocycles. The number of rotatable bonds is 6. The minimum absolute atomic E-state index is 0.0188. The summed E-state index contributed by atoms with van der Waals surface area (Å²) in [6, 6.07) is 0. The molecule has 8 atom stereocenters. The van der Waals surface area contributed by atoms with Gasteiger partial charge in [-0.25, -0.2) is 18.2 Å². The van der Waals surface area contributed by atoms with Gasteiger partial charge < -0.3 is 18.5 Å². The van der Waals surface area contributed by atoms with Crippen LogP contribution in [0.4, 0.5) is 0 Å². The van der Waals surface area contributed by atoms with Gasteiger partial charge in [0.1, 0.15) is 6.23 Å². The molecule has 4 saturated heterocycles. The van der Waals surface area contributed by atoms with Crippen LogP contribution in [0.2, 0.25) is 0 Å². The van der Waals surface area contributed by atoms with E-state index < -0.39 is 21.5 Å². The van der Waals surface area contributed by atoms with Crippen molar-refractivity contribution in [3.8, 4) is 0 Å². The third-order valence-corrected chi connectivity index (χ3v) is 7.76. The fourth-order valence-electron chi connectivity index (χ4n) is 6.09. The van der Waals surface area contributed by atoms with Crippen molar-refractivity contribution in [1.29, 1.82) is 0 Å². The fourth-order valence-corrected chi connectivity index (χ4v) is 6.09. The third kappa shape index (κ3) is 6.46. The Morgan fingerprint density at radius 3 is 2.36 bits per heavy atom. The van der Waals surface area contributed by atoms with Gasteiger partial charge in [-0.1, -0.05) is 13.8 Å². The Kier molecular flexibility index (Phi) is 8.23. The van der Waals surface area contributed by atoms with E-state index in [1.54, 1.807) is 0 Å². The Morgan fingerprint density at radius 1 is 1.06 bits per heavy atom. The maximum absolute atomic E-state index is 9.08. The van der Waals surface area contributed by atoms with Crippen LogP contribution in [0.3, 0.4) is 0 Å². The molecule has 194 valence electrons. The lowest BCUT2D eigenvalue weighted by molar-refractivity contribution is -0.870. The molecule has 0 radical (unpaired) electrons. The highest BCUT2D eigenvalue weighted by Gasteiger charge is 2.69. The zero-order valence-electron chi connectivity index (χ0n) is 21.3. The van der Waals surface area contributed by atoms with Crippen LogP contribution >= 0.6 is 0 Å². The number of quaternary nitrogens is 1. The van der Waals surface area contributed by atoms with Gasteiger partial charge in [-0.2, -0.15) is 0 Å². The summed E-state index contributed by atoms with van der Waals surface area (Å²) in [5.41, 5.74) is -0.449. The second-order valence-corrected chi connectivity index (χ2v) is 13.1. The topological polar surface area (TPSA) is 106 Å². The molecule has 1 spiro atoms. The minimum Gasteiger partial charge on any atom is -0.748 e. The SMILES string of the molecule is CS(=O)(=O)[O-].C[C@@H]1CC[C@H]2[C@@H](C)C(NCCCC[N+](C)(C)C)O[C@@H]3O[C@]4(C)CC[C@@H]1[C@]32OO4. The van der Waals surface area contributed by atoms with Crippen LogP contribution in [-0.2, 0) is 29.4 Å². The summed E-state index contributed by atoms with van der Waals surface area (Å²) in [5, 5.41) is 3.69. The molecule has 1 saturated carbocycles. The van der Waals surface area contributed by atoms with E-state index in [-0.39, 0.29) is 12.5 Å². The summed E-state index contributed by atoms with van der Waals surface area (Å²) in [5.74, 6) is 1.14. The molecule has 0 amide bonds. The summed E-state index contributed by atoms with van der Waals surface area (Å²) < 4.78 is 41.2. The summed E-state index contributed by atoms with van der Waals surface area (Å²) in [6.45, 7) is 8.85. The van der Waals surface area contributed by atoms with Gasteiger partial charge in [0.2, 0.25) is 5.79 Å². The molecule has 5 rings (SSSR count). The Morgan fingerprint density at radius 2 is 1.73 bits per heavy atom. The van der Waals surface area contributed by atoms with Crippen LogP contribution < -0.4 is 5.32 Å². The first kappa shape index (κ1) is 27.3. The van der Waals surface area contributed by atoms with Gasteiger partial charge in [0, 0.05) is 24.5 Å². The molecule has 0 aromatic rings. The predicted octanol–water partition coefficient (Wildman–Crippen LogP) is 2.43. The first-order chi connectivity index (χ1) is 15.1. The molecule has 10 heteroatoms. The molecule has 5 fully saturated rings. The number of fused-ring (bicyclic) bond motifs is 2. The maximum atomic E-state index is 9.08.